The van der Waals surface area contributed by atoms with Crippen molar-refractivity contribution in [2.24, 2.45) is 18.1 Å². The SMILES string of the molecule is C[n+]1ccn(CCC[N+]23CCC(CC2)C(=O)C3)c1/C=N/O. The molecule has 3 aliphatic rings. The summed E-state index contributed by atoms with van der Waals surface area (Å²) in [6.45, 7) is 5.03. The smallest absolute Gasteiger partial charge is 0.303 e. The standard InChI is InChI=1S/C15H23N4O2/c1-17-6-7-18(15(17)11-16-21)5-2-8-19-9-3-13(4-10-19)14(20)12-19/h6-7,11,13H,2-5,8-10,12H2,1H3/q+1/p+1. The monoisotopic (exact) mass is 292 g/mol. The number of piperidine rings is 3. The molecule has 0 spiro atoms. The number of fused-ring (bicyclic) bond motifs is 3. The van der Waals surface area contributed by atoms with Crippen LogP contribution in [-0.2, 0) is 18.4 Å². The second kappa shape index (κ2) is 5.60. The fraction of sp³-hybridized carbons (Fsp3) is 0.667. The molecule has 21 heavy (non-hydrogen) atoms. The molecule has 1 aromatic heterocycles. The highest BCUT2D eigenvalue weighted by Gasteiger charge is 2.44. The number of quaternary nitrogens is 1. The highest BCUT2D eigenvalue weighted by atomic mass is 16.4. The van der Waals surface area contributed by atoms with E-state index in [1.165, 1.54) is 19.3 Å². The Hall–Kier alpha value is -1.69. The predicted octanol–water partition coefficient (Wildman–Crippen LogP) is 0.320. The summed E-state index contributed by atoms with van der Waals surface area (Å²) in [6, 6.07) is 0. The van der Waals surface area contributed by atoms with Gasteiger partial charge in [-0.25, -0.2) is 9.13 Å². The van der Waals surface area contributed by atoms with Crippen LogP contribution in [0.3, 0.4) is 0 Å². The number of carbonyl (C=O) groups excluding carboxylic acids is 1. The fourth-order valence-electron chi connectivity index (χ4n) is 3.88. The summed E-state index contributed by atoms with van der Waals surface area (Å²) in [5, 5.41) is 11.9. The van der Waals surface area contributed by atoms with Crippen LogP contribution in [0, 0.1) is 5.92 Å². The van der Waals surface area contributed by atoms with Crippen LogP contribution in [0.1, 0.15) is 25.1 Å². The molecule has 3 aliphatic heterocycles. The molecule has 3 fully saturated rings. The Balaban J connectivity index is 1.60. The Labute approximate surface area is 124 Å². The largest absolute Gasteiger partial charge is 0.411 e. The van der Waals surface area contributed by atoms with Crippen LogP contribution < -0.4 is 4.57 Å². The van der Waals surface area contributed by atoms with Gasteiger partial charge >= 0.3 is 5.82 Å². The molecule has 0 aromatic carbocycles. The lowest BCUT2D eigenvalue weighted by Gasteiger charge is -2.48. The van der Waals surface area contributed by atoms with Crippen LogP contribution in [0.4, 0.5) is 0 Å². The van der Waals surface area contributed by atoms with E-state index in [-0.39, 0.29) is 0 Å². The van der Waals surface area contributed by atoms with Gasteiger partial charge in [-0.1, -0.05) is 5.16 Å². The number of carbonyl (C=O) groups is 1. The topological polar surface area (TPSA) is 58.5 Å². The van der Waals surface area contributed by atoms with Gasteiger partial charge in [-0.3, -0.25) is 4.79 Å². The minimum atomic E-state index is 0.362. The number of Topliss-reactive ketones (excluding diaryl/α,β-unsaturated/α-hetero) is 1. The van der Waals surface area contributed by atoms with Gasteiger partial charge in [0.1, 0.15) is 18.9 Å². The van der Waals surface area contributed by atoms with Crippen molar-refractivity contribution >= 4 is 12.0 Å². The zero-order valence-electron chi connectivity index (χ0n) is 12.6. The Bertz CT molecular complexity index is 556. The van der Waals surface area contributed by atoms with Crippen LogP contribution in [0.2, 0.25) is 0 Å². The Morgan fingerprint density at radius 3 is 2.95 bits per heavy atom. The Kier molecular flexibility index (Phi) is 3.80. The number of aryl methyl sites for hydroxylation is 2. The van der Waals surface area contributed by atoms with Gasteiger partial charge in [0, 0.05) is 25.2 Å². The number of ketones is 1. The van der Waals surface area contributed by atoms with Crippen LogP contribution in [0.25, 0.3) is 0 Å². The normalized spacial score (nSPS) is 28.6. The van der Waals surface area contributed by atoms with Crippen molar-refractivity contribution in [2.45, 2.75) is 25.8 Å². The molecule has 114 valence electrons. The third-order valence-electron chi connectivity index (χ3n) is 5.18. The molecule has 0 saturated carbocycles. The zero-order chi connectivity index (χ0) is 14.9. The first-order valence-corrected chi connectivity index (χ1v) is 7.74. The number of oxime groups is 1. The number of nitrogens with zero attached hydrogens (tertiary/aromatic N) is 4. The van der Waals surface area contributed by atoms with Gasteiger partial charge in [-0.05, 0) is 0 Å². The maximum atomic E-state index is 12.0. The Morgan fingerprint density at radius 2 is 2.29 bits per heavy atom. The molecule has 3 saturated heterocycles. The van der Waals surface area contributed by atoms with Crippen molar-refractivity contribution in [3.8, 4) is 0 Å². The Morgan fingerprint density at radius 1 is 1.52 bits per heavy atom. The number of hydrogen-bond donors (Lipinski definition) is 1. The third-order valence-corrected chi connectivity index (χ3v) is 5.18. The molecule has 6 heteroatoms. The van der Waals surface area contributed by atoms with Crippen molar-refractivity contribution in [3.63, 3.8) is 0 Å². The molecule has 0 amide bonds. The molecule has 0 atom stereocenters. The van der Waals surface area contributed by atoms with Gasteiger partial charge in [0.15, 0.2) is 12.0 Å². The van der Waals surface area contributed by atoms with E-state index in [0.717, 1.165) is 49.2 Å². The first-order valence-electron chi connectivity index (χ1n) is 7.74. The summed E-state index contributed by atoms with van der Waals surface area (Å²) in [5.74, 6) is 1.72. The second-order valence-electron chi connectivity index (χ2n) is 6.47. The lowest BCUT2D eigenvalue weighted by atomic mass is 9.84. The maximum Gasteiger partial charge on any atom is 0.303 e. The van der Waals surface area contributed by atoms with Crippen LogP contribution in [0.15, 0.2) is 17.5 Å². The van der Waals surface area contributed by atoms with Crippen molar-refractivity contribution < 1.29 is 19.1 Å². The molecular formula is C15H24N4O2+2. The molecule has 6 nitrogen and oxygen atoms in total. The molecule has 4 heterocycles. The summed E-state index contributed by atoms with van der Waals surface area (Å²) >= 11 is 0. The zero-order valence-corrected chi connectivity index (χ0v) is 12.6. The number of rotatable bonds is 5. The van der Waals surface area contributed by atoms with Gasteiger partial charge in [0.2, 0.25) is 0 Å². The first kappa shape index (κ1) is 14.3. The predicted molar refractivity (Wildman–Crippen MR) is 77.1 cm³/mol. The fourth-order valence-corrected chi connectivity index (χ4v) is 3.88. The van der Waals surface area contributed by atoms with E-state index in [2.05, 4.69) is 9.72 Å². The van der Waals surface area contributed by atoms with Gasteiger partial charge < -0.3 is 9.69 Å². The summed E-state index contributed by atoms with van der Waals surface area (Å²) < 4.78 is 5.02. The number of hydrogen-bond acceptors (Lipinski definition) is 3. The average Bonchev–Trinajstić information content (AvgIpc) is 2.82. The molecule has 0 radical (unpaired) electrons. The van der Waals surface area contributed by atoms with Gasteiger partial charge in [0.05, 0.1) is 33.2 Å². The van der Waals surface area contributed by atoms with Crippen molar-refractivity contribution in [3.05, 3.63) is 18.2 Å². The highest BCUT2D eigenvalue weighted by Crippen LogP contribution is 2.31. The van der Waals surface area contributed by atoms with E-state index in [4.69, 9.17) is 5.21 Å². The van der Waals surface area contributed by atoms with E-state index >= 15 is 0 Å². The second-order valence-corrected chi connectivity index (χ2v) is 6.47. The van der Waals surface area contributed by atoms with E-state index in [0.29, 0.717) is 11.7 Å². The van der Waals surface area contributed by atoms with Gasteiger partial charge in [-0.2, -0.15) is 0 Å². The average molecular weight is 292 g/mol. The van der Waals surface area contributed by atoms with Crippen molar-refractivity contribution in [2.75, 3.05) is 26.2 Å². The molecule has 0 aliphatic carbocycles. The van der Waals surface area contributed by atoms with Crippen molar-refractivity contribution in [1.82, 2.24) is 4.57 Å². The lowest BCUT2D eigenvalue weighted by molar-refractivity contribution is -0.931. The first-order chi connectivity index (χ1) is 10.1. The van der Waals surface area contributed by atoms with Gasteiger partial charge in [0.25, 0.3) is 0 Å². The molecule has 1 N–H and O–H groups in total. The molecular weight excluding hydrogens is 268 g/mol. The third kappa shape index (κ3) is 2.72. The minimum absolute atomic E-state index is 0.362. The summed E-state index contributed by atoms with van der Waals surface area (Å²) in [4.78, 5) is 12.0. The molecule has 2 bridgehead atoms. The maximum absolute atomic E-state index is 12.0. The molecule has 0 unspecified atom stereocenters. The summed E-state index contributed by atoms with van der Waals surface area (Å²) in [6.07, 6.45) is 8.63. The molecule has 1 aromatic rings. The van der Waals surface area contributed by atoms with Crippen LogP contribution in [-0.4, -0.2) is 52.4 Å². The molecule has 4 rings (SSSR count). The van der Waals surface area contributed by atoms with E-state index < -0.39 is 0 Å². The van der Waals surface area contributed by atoms with Crippen molar-refractivity contribution in [1.29, 1.82) is 0 Å². The van der Waals surface area contributed by atoms with E-state index in [9.17, 15) is 4.79 Å². The summed E-state index contributed by atoms with van der Waals surface area (Å²) in [5.41, 5.74) is 0. The highest BCUT2D eigenvalue weighted by molar-refractivity contribution is 5.83. The minimum Gasteiger partial charge on any atom is -0.411 e. The van der Waals surface area contributed by atoms with Gasteiger partial charge in [-0.15, -0.1) is 0 Å². The van der Waals surface area contributed by atoms with E-state index in [1.54, 1.807) is 0 Å². The van der Waals surface area contributed by atoms with Crippen LogP contribution in [0.5, 0.6) is 0 Å². The number of imidazole rings is 1. The quantitative estimate of drug-likeness (QED) is 0.279. The van der Waals surface area contributed by atoms with E-state index in [1.807, 2.05) is 24.0 Å². The lowest BCUT2D eigenvalue weighted by Crippen LogP contribution is -2.62. The number of aromatic nitrogens is 2. The van der Waals surface area contributed by atoms with Crippen LogP contribution >= 0.6 is 0 Å². The summed E-state index contributed by atoms with van der Waals surface area (Å²) in [7, 11) is 1.93.